The minimum atomic E-state index is -0.358. The van der Waals surface area contributed by atoms with Gasteiger partial charge in [0.1, 0.15) is 0 Å². The zero-order chi connectivity index (χ0) is 21.5. The van der Waals surface area contributed by atoms with Crippen LogP contribution in [-0.4, -0.2) is 90.3 Å². The first-order valence-electron chi connectivity index (χ1n) is 10.9. The van der Waals surface area contributed by atoms with Crippen molar-refractivity contribution in [1.82, 2.24) is 19.6 Å². The maximum atomic E-state index is 13.3. The third-order valence-electron chi connectivity index (χ3n) is 7.51. The lowest BCUT2D eigenvalue weighted by Crippen LogP contribution is -2.52. The minimum Gasteiger partial charge on any atom is -0.339 e. The smallest absolute Gasteiger partial charge is 0.319 e. The molecule has 1 aromatic rings. The summed E-state index contributed by atoms with van der Waals surface area (Å²) in [6, 6.07) is 9.42. The highest BCUT2D eigenvalue weighted by Crippen LogP contribution is 2.52. The first-order valence-corrected chi connectivity index (χ1v) is 10.9. The van der Waals surface area contributed by atoms with Gasteiger partial charge in [0.25, 0.3) is 5.91 Å². The van der Waals surface area contributed by atoms with Gasteiger partial charge < -0.3 is 19.6 Å². The van der Waals surface area contributed by atoms with E-state index < -0.39 is 0 Å². The molecular formula is C23H32N4O3. The Balaban J connectivity index is 1.42. The van der Waals surface area contributed by atoms with Crippen molar-refractivity contribution in [3.8, 4) is 0 Å². The Kier molecular flexibility index (Phi) is 5.24. The van der Waals surface area contributed by atoms with Gasteiger partial charge >= 0.3 is 6.03 Å². The van der Waals surface area contributed by atoms with Gasteiger partial charge in [-0.25, -0.2) is 4.79 Å². The summed E-state index contributed by atoms with van der Waals surface area (Å²) in [7, 11) is 5.46. The van der Waals surface area contributed by atoms with Gasteiger partial charge in [0.05, 0.1) is 5.41 Å². The van der Waals surface area contributed by atoms with Crippen LogP contribution in [0.4, 0.5) is 4.79 Å². The summed E-state index contributed by atoms with van der Waals surface area (Å²) in [5.74, 6) is 0.296. The normalized spacial score (nSPS) is 22.6. The molecular weight excluding hydrogens is 380 g/mol. The first-order chi connectivity index (χ1) is 14.3. The van der Waals surface area contributed by atoms with Crippen molar-refractivity contribution >= 4 is 17.8 Å². The second kappa shape index (κ2) is 7.60. The van der Waals surface area contributed by atoms with Crippen LogP contribution in [0.15, 0.2) is 30.3 Å². The second-order valence-corrected chi connectivity index (χ2v) is 9.37. The van der Waals surface area contributed by atoms with E-state index in [1.54, 1.807) is 19.0 Å². The molecule has 4 rings (SSSR count). The molecule has 0 atom stereocenters. The molecule has 0 radical (unpaired) electrons. The van der Waals surface area contributed by atoms with Gasteiger partial charge in [-0.15, -0.1) is 0 Å². The molecule has 0 saturated carbocycles. The van der Waals surface area contributed by atoms with Gasteiger partial charge in [-0.05, 0) is 44.2 Å². The molecule has 0 bridgehead atoms. The number of hydrogen-bond acceptors (Lipinski definition) is 3. The Labute approximate surface area is 178 Å². The van der Waals surface area contributed by atoms with E-state index in [4.69, 9.17) is 0 Å². The monoisotopic (exact) mass is 412 g/mol. The largest absolute Gasteiger partial charge is 0.339 e. The summed E-state index contributed by atoms with van der Waals surface area (Å²) in [4.78, 5) is 45.8. The third-order valence-corrected chi connectivity index (χ3v) is 7.51. The van der Waals surface area contributed by atoms with Crippen molar-refractivity contribution in [1.29, 1.82) is 0 Å². The van der Waals surface area contributed by atoms with E-state index in [1.807, 2.05) is 52.1 Å². The number of likely N-dealkylation sites (tertiary alicyclic amines) is 3. The highest BCUT2D eigenvalue weighted by Gasteiger charge is 2.59. The molecule has 3 saturated heterocycles. The van der Waals surface area contributed by atoms with Gasteiger partial charge in [-0.1, -0.05) is 18.2 Å². The van der Waals surface area contributed by atoms with Crippen molar-refractivity contribution in [3.05, 3.63) is 35.9 Å². The summed E-state index contributed by atoms with van der Waals surface area (Å²) in [5.41, 5.74) is 0.195. The van der Waals surface area contributed by atoms with Crippen LogP contribution in [0.1, 0.15) is 42.5 Å². The number of carbonyl (C=O) groups is 3. The Morgan fingerprint density at radius 2 is 1.47 bits per heavy atom. The lowest BCUT2D eigenvalue weighted by molar-refractivity contribution is -0.139. The molecule has 7 nitrogen and oxygen atoms in total. The van der Waals surface area contributed by atoms with E-state index in [2.05, 4.69) is 0 Å². The van der Waals surface area contributed by atoms with Crippen LogP contribution in [0.5, 0.6) is 0 Å². The molecule has 0 aromatic heterocycles. The first kappa shape index (κ1) is 20.7. The zero-order valence-corrected chi connectivity index (χ0v) is 18.3. The van der Waals surface area contributed by atoms with Crippen LogP contribution in [-0.2, 0) is 4.79 Å². The Morgan fingerprint density at radius 1 is 0.900 bits per heavy atom. The number of urea groups is 1. The minimum absolute atomic E-state index is 0.0195. The van der Waals surface area contributed by atoms with Crippen molar-refractivity contribution in [2.24, 2.45) is 5.41 Å². The number of benzene rings is 1. The lowest BCUT2D eigenvalue weighted by atomic mass is 9.71. The van der Waals surface area contributed by atoms with Gasteiger partial charge in [-0.2, -0.15) is 0 Å². The Morgan fingerprint density at radius 3 is 2.03 bits per heavy atom. The molecule has 4 amide bonds. The fourth-order valence-electron chi connectivity index (χ4n) is 5.60. The lowest BCUT2D eigenvalue weighted by Gasteiger charge is -2.44. The number of hydrogen-bond donors (Lipinski definition) is 0. The molecule has 0 unspecified atom stereocenters. The molecule has 3 heterocycles. The Bertz CT molecular complexity index is 822. The van der Waals surface area contributed by atoms with Crippen LogP contribution < -0.4 is 0 Å². The molecule has 3 aliphatic heterocycles. The molecule has 3 fully saturated rings. The number of rotatable bonds is 1. The molecule has 2 spiro atoms. The quantitative estimate of drug-likeness (QED) is 0.711. The van der Waals surface area contributed by atoms with Crippen LogP contribution in [0, 0.1) is 5.41 Å². The highest BCUT2D eigenvalue weighted by atomic mass is 16.2. The molecule has 3 aliphatic rings. The maximum Gasteiger partial charge on any atom is 0.319 e. The van der Waals surface area contributed by atoms with Gasteiger partial charge in [-0.3, -0.25) is 9.59 Å². The summed E-state index contributed by atoms with van der Waals surface area (Å²) in [5, 5.41) is 0. The van der Waals surface area contributed by atoms with Crippen LogP contribution in [0.3, 0.4) is 0 Å². The fourth-order valence-corrected chi connectivity index (χ4v) is 5.60. The molecule has 7 heteroatoms. The number of nitrogens with zero attached hydrogens (tertiary/aromatic N) is 4. The summed E-state index contributed by atoms with van der Waals surface area (Å²) in [6.45, 7) is 2.61. The fraction of sp³-hybridized carbons (Fsp3) is 0.609. The van der Waals surface area contributed by atoms with Crippen LogP contribution >= 0.6 is 0 Å². The maximum absolute atomic E-state index is 13.3. The van der Waals surface area contributed by atoms with E-state index in [0.717, 1.165) is 37.7 Å². The second-order valence-electron chi connectivity index (χ2n) is 9.37. The van der Waals surface area contributed by atoms with E-state index in [0.29, 0.717) is 26.2 Å². The zero-order valence-electron chi connectivity index (χ0n) is 18.3. The number of amides is 4. The van der Waals surface area contributed by atoms with E-state index >= 15 is 0 Å². The van der Waals surface area contributed by atoms with Gasteiger partial charge in [0.2, 0.25) is 5.91 Å². The number of carbonyl (C=O) groups excluding carboxylic acids is 3. The average Bonchev–Trinajstić information content (AvgIpc) is 2.96. The Hall–Kier alpha value is -2.57. The molecule has 1 aromatic carbocycles. The van der Waals surface area contributed by atoms with Gasteiger partial charge in [0.15, 0.2) is 0 Å². The van der Waals surface area contributed by atoms with Crippen molar-refractivity contribution < 1.29 is 14.4 Å². The van der Waals surface area contributed by atoms with E-state index in [9.17, 15) is 14.4 Å². The molecule has 0 aliphatic carbocycles. The van der Waals surface area contributed by atoms with Crippen molar-refractivity contribution in [3.63, 3.8) is 0 Å². The molecule has 30 heavy (non-hydrogen) atoms. The standard InChI is InChI=1S/C23H32N4O3/c1-24(2)21(30)27-13-9-22(10-14-27)17-23(25(3)20(22)29)11-15-26(16-12-23)19(28)18-7-5-4-6-8-18/h4-8H,9-17H2,1-3H3. The summed E-state index contributed by atoms with van der Waals surface area (Å²) < 4.78 is 0. The predicted molar refractivity (Wildman–Crippen MR) is 114 cm³/mol. The molecule has 162 valence electrons. The van der Waals surface area contributed by atoms with E-state index in [1.165, 1.54) is 0 Å². The van der Waals surface area contributed by atoms with Crippen molar-refractivity contribution in [2.45, 2.75) is 37.6 Å². The SMILES string of the molecule is CN(C)C(=O)N1CCC2(CC1)CC1(CCN(C(=O)c3ccccc3)CC1)N(C)C2=O. The highest BCUT2D eigenvalue weighted by molar-refractivity contribution is 5.94. The molecule has 0 N–H and O–H groups in total. The van der Waals surface area contributed by atoms with Crippen molar-refractivity contribution in [2.75, 3.05) is 47.3 Å². The summed E-state index contributed by atoms with van der Waals surface area (Å²) in [6.07, 6.45) is 3.92. The summed E-state index contributed by atoms with van der Waals surface area (Å²) >= 11 is 0. The van der Waals surface area contributed by atoms with Crippen LogP contribution in [0.2, 0.25) is 0 Å². The van der Waals surface area contributed by atoms with Gasteiger partial charge in [0, 0.05) is 58.4 Å². The predicted octanol–water partition coefficient (Wildman–Crippen LogP) is 2.29. The van der Waals surface area contributed by atoms with Crippen LogP contribution in [0.25, 0.3) is 0 Å². The average molecular weight is 413 g/mol. The number of piperidine rings is 2. The van der Waals surface area contributed by atoms with E-state index in [-0.39, 0.29) is 28.8 Å². The topological polar surface area (TPSA) is 64.2 Å². The third kappa shape index (κ3) is 3.34.